The number of fused-ring (bicyclic) bond motifs is 1. The van der Waals surface area contributed by atoms with E-state index in [0.29, 0.717) is 22.2 Å². The van der Waals surface area contributed by atoms with E-state index in [1.165, 1.54) is 22.7 Å². The molecule has 2 N–H and O–H groups in total. The molecule has 0 unspecified atom stereocenters. The number of rotatable bonds is 3. The lowest BCUT2D eigenvalue weighted by atomic mass is 10.2. The van der Waals surface area contributed by atoms with Crippen molar-refractivity contribution in [3.05, 3.63) is 52.0 Å². The summed E-state index contributed by atoms with van der Waals surface area (Å²) in [7, 11) is 0. The Morgan fingerprint density at radius 1 is 1.20 bits per heavy atom. The zero-order valence-corrected chi connectivity index (χ0v) is 14.7. The monoisotopic (exact) mass is 370 g/mol. The van der Waals surface area contributed by atoms with Crippen LogP contribution in [0.1, 0.15) is 32.3 Å². The quantitative estimate of drug-likeness (QED) is 0.742. The second-order valence-corrected chi connectivity index (χ2v) is 7.37. The summed E-state index contributed by atoms with van der Waals surface area (Å²) in [5.74, 6) is -0.437. The molecular formula is C17H14N4O2S2. The van der Waals surface area contributed by atoms with Crippen LogP contribution in [0.25, 0.3) is 10.6 Å². The van der Waals surface area contributed by atoms with Gasteiger partial charge in [-0.1, -0.05) is 41.7 Å². The molecule has 1 aliphatic rings. The lowest BCUT2D eigenvalue weighted by Gasteiger charge is -1.99. The van der Waals surface area contributed by atoms with Crippen molar-refractivity contribution in [2.45, 2.75) is 12.8 Å². The smallest absolute Gasteiger partial charge is 0.276 e. The van der Waals surface area contributed by atoms with Crippen molar-refractivity contribution in [3.8, 4) is 10.6 Å². The van der Waals surface area contributed by atoms with E-state index in [-0.39, 0.29) is 11.8 Å². The normalized spacial score (nSPS) is 13.7. The van der Waals surface area contributed by atoms with E-state index >= 15 is 0 Å². The summed E-state index contributed by atoms with van der Waals surface area (Å²) in [6.07, 6.45) is 1.58. The molecule has 2 amide bonds. The van der Waals surface area contributed by atoms with Crippen molar-refractivity contribution in [1.82, 2.24) is 15.3 Å². The maximum Gasteiger partial charge on any atom is 0.276 e. The summed E-state index contributed by atoms with van der Waals surface area (Å²) in [4.78, 5) is 33.8. The van der Waals surface area contributed by atoms with E-state index in [0.717, 1.165) is 29.1 Å². The van der Waals surface area contributed by atoms with Gasteiger partial charge in [0.1, 0.15) is 15.6 Å². The van der Waals surface area contributed by atoms with E-state index in [2.05, 4.69) is 20.6 Å². The summed E-state index contributed by atoms with van der Waals surface area (Å²) in [6.45, 7) is 0.657. The van der Waals surface area contributed by atoms with Gasteiger partial charge in [-0.25, -0.2) is 9.97 Å². The molecule has 2 aromatic heterocycles. The summed E-state index contributed by atoms with van der Waals surface area (Å²) in [5, 5.41) is 8.53. The van der Waals surface area contributed by atoms with E-state index in [9.17, 15) is 9.59 Å². The summed E-state index contributed by atoms with van der Waals surface area (Å²) < 4.78 is 0. The third-order valence-corrected chi connectivity index (χ3v) is 5.66. The molecule has 8 heteroatoms. The second kappa shape index (κ2) is 6.73. The van der Waals surface area contributed by atoms with E-state index < -0.39 is 0 Å². The molecule has 25 heavy (non-hydrogen) atoms. The molecule has 3 aromatic rings. The molecule has 0 saturated carbocycles. The van der Waals surface area contributed by atoms with Crippen LogP contribution in [0.4, 0.5) is 5.13 Å². The fraction of sp³-hybridized carbons (Fsp3) is 0.176. The van der Waals surface area contributed by atoms with Crippen LogP contribution in [0, 0.1) is 0 Å². The predicted octanol–water partition coefficient (Wildman–Crippen LogP) is 3.19. The third kappa shape index (κ3) is 3.31. The summed E-state index contributed by atoms with van der Waals surface area (Å²) in [6, 6.07) is 9.72. The van der Waals surface area contributed by atoms with Gasteiger partial charge in [0, 0.05) is 17.5 Å². The first-order valence-electron chi connectivity index (χ1n) is 7.81. The van der Waals surface area contributed by atoms with Gasteiger partial charge in [-0.3, -0.25) is 14.9 Å². The summed E-state index contributed by atoms with van der Waals surface area (Å²) >= 11 is 2.62. The number of nitrogens with one attached hydrogen (secondary N) is 2. The minimum absolute atomic E-state index is 0.120. The van der Waals surface area contributed by atoms with Crippen molar-refractivity contribution in [2.24, 2.45) is 0 Å². The van der Waals surface area contributed by atoms with Gasteiger partial charge < -0.3 is 5.32 Å². The Kier molecular flexibility index (Phi) is 4.29. The van der Waals surface area contributed by atoms with Crippen LogP contribution < -0.4 is 10.6 Å². The van der Waals surface area contributed by atoms with Crippen LogP contribution >= 0.6 is 22.7 Å². The molecule has 0 saturated heterocycles. The molecule has 0 bridgehead atoms. The molecule has 3 heterocycles. The predicted molar refractivity (Wildman–Crippen MR) is 98.3 cm³/mol. The fourth-order valence-corrected chi connectivity index (χ4v) is 4.27. The van der Waals surface area contributed by atoms with Gasteiger partial charge in [-0.2, -0.15) is 0 Å². The third-order valence-electron chi connectivity index (χ3n) is 3.76. The Hall–Kier alpha value is -2.58. The van der Waals surface area contributed by atoms with Crippen molar-refractivity contribution in [3.63, 3.8) is 0 Å². The van der Waals surface area contributed by atoms with Crippen LogP contribution in [0.3, 0.4) is 0 Å². The van der Waals surface area contributed by atoms with Gasteiger partial charge in [0.05, 0.1) is 5.69 Å². The Bertz CT molecular complexity index is 933. The fourth-order valence-electron chi connectivity index (χ4n) is 2.54. The second-order valence-electron chi connectivity index (χ2n) is 5.51. The van der Waals surface area contributed by atoms with Gasteiger partial charge in [-0.05, 0) is 12.8 Å². The molecule has 6 nitrogen and oxygen atoms in total. The van der Waals surface area contributed by atoms with E-state index in [1.807, 2.05) is 30.3 Å². The number of hydrogen-bond acceptors (Lipinski definition) is 6. The van der Waals surface area contributed by atoms with Crippen LogP contribution in [-0.4, -0.2) is 28.3 Å². The first-order chi connectivity index (χ1) is 12.2. The number of aryl methyl sites for hydroxylation is 1. The van der Waals surface area contributed by atoms with Gasteiger partial charge in [0.25, 0.3) is 11.8 Å². The highest BCUT2D eigenvalue weighted by molar-refractivity contribution is 7.17. The van der Waals surface area contributed by atoms with Gasteiger partial charge in [0.15, 0.2) is 5.13 Å². The molecule has 0 fully saturated rings. The number of thiazole rings is 2. The van der Waals surface area contributed by atoms with Gasteiger partial charge >= 0.3 is 0 Å². The number of anilines is 1. The molecule has 1 aromatic carbocycles. The van der Waals surface area contributed by atoms with E-state index in [1.54, 1.807) is 5.38 Å². The topological polar surface area (TPSA) is 84.0 Å². The molecule has 0 atom stereocenters. The lowest BCUT2D eigenvalue weighted by molar-refractivity contribution is 0.0958. The van der Waals surface area contributed by atoms with Crippen molar-refractivity contribution in [1.29, 1.82) is 0 Å². The molecule has 0 radical (unpaired) electrons. The van der Waals surface area contributed by atoms with Gasteiger partial charge in [-0.15, -0.1) is 11.3 Å². The SMILES string of the molecule is O=C(Nc1nc2c(s1)C(=O)NCCC2)c1csc(-c2ccccc2)n1. The summed E-state index contributed by atoms with van der Waals surface area (Å²) in [5.41, 5.74) is 2.07. The van der Waals surface area contributed by atoms with E-state index in [4.69, 9.17) is 0 Å². The number of carbonyl (C=O) groups is 2. The van der Waals surface area contributed by atoms with Crippen LogP contribution in [-0.2, 0) is 6.42 Å². The Morgan fingerprint density at radius 3 is 2.88 bits per heavy atom. The molecule has 1 aliphatic heterocycles. The number of nitrogens with zero attached hydrogens (tertiary/aromatic N) is 2. The average Bonchev–Trinajstić information content (AvgIpc) is 3.23. The minimum Gasteiger partial charge on any atom is -0.351 e. The lowest BCUT2D eigenvalue weighted by Crippen LogP contribution is -2.21. The zero-order valence-electron chi connectivity index (χ0n) is 13.1. The standard InChI is InChI=1S/C17H14N4O2S2/c22-14(12-9-24-16(19-12)10-5-2-1-3-6-10)21-17-20-11-7-4-8-18-15(23)13(11)25-17/h1-3,5-6,9H,4,7-8H2,(H,18,23)(H,20,21,22). The number of hydrogen-bond donors (Lipinski definition) is 2. The Morgan fingerprint density at radius 2 is 2.04 bits per heavy atom. The largest absolute Gasteiger partial charge is 0.351 e. The number of amides is 2. The first-order valence-corrected chi connectivity index (χ1v) is 9.50. The van der Waals surface area contributed by atoms with Crippen molar-refractivity contribution >= 4 is 39.6 Å². The van der Waals surface area contributed by atoms with Crippen LogP contribution in [0.2, 0.25) is 0 Å². The maximum absolute atomic E-state index is 12.4. The van der Waals surface area contributed by atoms with Crippen LogP contribution in [0.15, 0.2) is 35.7 Å². The molecule has 0 spiro atoms. The van der Waals surface area contributed by atoms with Crippen molar-refractivity contribution < 1.29 is 9.59 Å². The molecule has 126 valence electrons. The first kappa shape index (κ1) is 15.9. The molecule has 4 rings (SSSR count). The molecular weight excluding hydrogens is 356 g/mol. The number of aromatic nitrogens is 2. The number of benzene rings is 1. The number of carbonyl (C=O) groups excluding carboxylic acids is 2. The van der Waals surface area contributed by atoms with Gasteiger partial charge in [0.2, 0.25) is 0 Å². The maximum atomic E-state index is 12.4. The molecule has 0 aliphatic carbocycles. The average molecular weight is 370 g/mol. The highest BCUT2D eigenvalue weighted by Crippen LogP contribution is 2.27. The highest BCUT2D eigenvalue weighted by Gasteiger charge is 2.22. The zero-order chi connectivity index (χ0) is 17.2. The Labute approximate surface area is 152 Å². The highest BCUT2D eigenvalue weighted by atomic mass is 32.1. The minimum atomic E-state index is -0.317. The Balaban J connectivity index is 1.52. The van der Waals surface area contributed by atoms with Crippen LogP contribution in [0.5, 0.6) is 0 Å². The van der Waals surface area contributed by atoms with Crippen molar-refractivity contribution in [2.75, 3.05) is 11.9 Å².